The van der Waals surface area contributed by atoms with Crippen molar-refractivity contribution in [2.75, 3.05) is 0 Å². The monoisotopic (exact) mass is 710 g/mol. The van der Waals surface area contributed by atoms with E-state index in [0.717, 1.165) is 41.9 Å². The summed E-state index contributed by atoms with van der Waals surface area (Å²) in [5.74, 6) is 0. The van der Waals surface area contributed by atoms with Crippen molar-refractivity contribution in [2.45, 2.75) is 80.1 Å². The molecule has 0 atom stereocenters. The van der Waals surface area contributed by atoms with E-state index in [4.69, 9.17) is 50.5 Å². The molecule has 0 aliphatic heterocycles. The fourth-order valence-electron chi connectivity index (χ4n) is 5.18. The molecule has 242 valence electrons. The number of aryl methyl sites for hydroxylation is 4. The van der Waals surface area contributed by atoms with Gasteiger partial charge < -0.3 is 50.5 Å². The largest absolute Gasteiger partial charge is 0.781 e. The van der Waals surface area contributed by atoms with Gasteiger partial charge in [-0.3, -0.25) is 0 Å². The summed E-state index contributed by atoms with van der Waals surface area (Å²) in [6.07, 6.45) is 0. The first kappa shape index (κ1) is 38.9. The zero-order chi connectivity index (χ0) is 33.0. The van der Waals surface area contributed by atoms with E-state index in [0.29, 0.717) is 0 Å². The average molecular weight is 712 g/mol. The quantitative estimate of drug-likeness (QED) is 0.117. The third-order valence-electron chi connectivity index (χ3n) is 7.74. The standard InChI is InChI=1S/2C20H24S2.Ni/c2*1-13-11-16(20(3,4)5)12-14(2)17(13)19(22)18(21)15-9-7-6-8-10-15;/h2*6-12,21-22H,1-5H3;/p-4/b2*19-18-;. The zero-order valence-electron chi connectivity index (χ0n) is 28.0. The van der Waals surface area contributed by atoms with Crippen molar-refractivity contribution in [1.82, 2.24) is 0 Å². The van der Waals surface area contributed by atoms with E-state index in [-0.39, 0.29) is 27.3 Å². The van der Waals surface area contributed by atoms with Crippen LogP contribution in [0.2, 0.25) is 0 Å². The molecule has 0 radical (unpaired) electrons. The Labute approximate surface area is 305 Å². The Balaban J connectivity index is 0.000000307. The van der Waals surface area contributed by atoms with Gasteiger partial charge in [0.15, 0.2) is 0 Å². The van der Waals surface area contributed by atoms with Crippen molar-refractivity contribution < 1.29 is 16.5 Å². The first-order valence-electron chi connectivity index (χ1n) is 14.9. The molecule has 0 bridgehead atoms. The van der Waals surface area contributed by atoms with Crippen molar-refractivity contribution in [3.05, 3.63) is 141 Å². The summed E-state index contributed by atoms with van der Waals surface area (Å²) in [5, 5.41) is 0. The van der Waals surface area contributed by atoms with Crippen molar-refractivity contribution in [2.24, 2.45) is 0 Å². The molecule has 0 N–H and O–H groups in total. The summed E-state index contributed by atoms with van der Waals surface area (Å²) >= 11 is 22.6. The molecule has 0 saturated heterocycles. The topological polar surface area (TPSA) is 0 Å². The van der Waals surface area contributed by atoms with Gasteiger partial charge in [-0.1, -0.05) is 126 Å². The van der Waals surface area contributed by atoms with E-state index in [9.17, 15) is 0 Å². The maximum absolute atomic E-state index is 5.70. The molecule has 0 saturated carbocycles. The summed E-state index contributed by atoms with van der Waals surface area (Å²) in [5.41, 5.74) is 12.0. The van der Waals surface area contributed by atoms with Gasteiger partial charge in [0.2, 0.25) is 0 Å². The van der Waals surface area contributed by atoms with Gasteiger partial charge >= 0.3 is 0 Å². The smallest absolute Gasteiger partial charge is 0 e. The van der Waals surface area contributed by atoms with Crippen LogP contribution in [0.5, 0.6) is 0 Å². The van der Waals surface area contributed by atoms with E-state index in [1.54, 1.807) is 0 Å². The van der Waals surface area contributed by atoms with Gasteiger partial charge in [-0.05, 0) is 94.2 Å². The Bertz CT molecular complexity index is 1500. The van der Waals surface area contributed by atoms with Crippen molar-refractivity contribution in [1.29, 1.82) is 0 Å². The minimum Gasteiger partial charge on any atom is -0.781 e. The van der Waals surface area contributed by atoms with Crippen LogP contribution in [-0.2, 0) is 77.8 Å². The maximum atomic E-state index is 5.70. The van der Waals surface area contributed by atoms with Crippen LogP contribution in [0.25, 0.3) is 19.6 Å². The number of rotatable bonds is 4. The first-order chi connectivity index (χ1) is 20.4. The molecule has 0 amide bonds. The summed E-state index contributed by atoms with van der Waals surface area (Å²) in [6, 6.07) is 29.0. The second-order valence-corrected chi connectivity index (χ2v) is 15.2. The molecule has 0 spiro atoms. The third-order valence-corrected chi connectivity index (χ3v) is 9.69. The van der Waals surface area contributed by atoms with Gasteiger partial charge in [0.05, 0.1) is 0 Å². The molecule has 0 aromatic heterocycles. The molecule has 0 aliphatic carbocycles. The Hall–Kier alpha value is -2.27. The van der Waals surface area contributed by atoms with Crippen LogP contribution in [0, 0.1) is 27.7 Å². The number of benzene rings is 4. The molecule has 4 rings (SSSR count). The molecule has 0 aliphatic rings. The minimum atomic E-state index is 0. The normalized spacial score (nSPS) is 12.7. The second kappa shape index (κ2) is 16.0. The molecular formula is C40H44NiS4-4. The summed E-state index contributed by atoms with van der Waals surface area (Å²) in [7, 11) is 0. The maximum Gasteiger partial charge on any atom is 0 e. The van der Waals surface area contributed by atoms with Crippen LogP contribution in [0.4, 0.5) is 0 Å². The SMILES string of the molecule is Cc1cc(C(C)(C)C)cc(C)c1/C([S-])=C(/[S-])c1ccccc1.Cc1cc(C(C)(C)C)cc(C)c1/C([S-])=C(/[S-])c1ccccc1.[Ni]. The number of hydrogen-bond donors (Lipinski definition) is 0. The van der Waals surface area contributed by atoms with E-state index in [1.807, 2.05) is 60.7 Å². The Kier molecular flexibility index (Phi) is 13.9. The molecule has 45 heavy (non-hydrogen) atoms. The van der Waals surface area contributed by atoms with Crippen LogP contribution < -0.4 is 0 Å². The molecule has 5 heteroatoms. The van der Waals surface area contributed by atoms with Gasteiger partial charge in [-0.2, -0.15) is 19.6 Å². The first-order valence-corrected chi connectivity index (χ1v) is 16.6. The molecule has 4 aromatic carbocycles. The van der Waals surface area contributed by atoms with Gasteiger partial charge in [-0.15, -0.1) is 0 Å². The van der Waals surface area contributed by atoms with Gasteiger partial charge in [0.1, 0.15) is 0 Å². The summed E-state index contributed by atoms with van der Waals surface area (Å²) in [4.78, 5) is 3.06. The Morgan fingerprint density at radius 2 is 0.667 bits per heavy atom. The van der Waals surface area contributed by atoms with E-state index < -0.39 is 0 Å². The molecule has 0 fully saturated rings. The fourth-order valence-corrected chi connectivity index (χ4v) is 6.53. The molecule has 0 heterocycles. The minimum absolute atomic E-state index is 0. The summed E-state index contributed by atoms with van der Waals surface area (Å²) in [6.45, 7) is 21.9. The zero-order valence-corrected chi connectivity index (χ0v) is 32.3. The summed E-state index contributed by atoms with van der Waals surface area (Å²) < 4.78 is 0. The number of hydrogen-bond acceptors (Lipinski definition) is 4. The predicted molar refractivity (Wildman–Crippen MR) is 205 cm³/mol. The van der Waals surface area contributed by atoms with Crippen LogP contribution in [-0.4, -0.2) is 0 Å². The second-order valence-electron chi connectivity index (χ2n) is 13.5. The van der Waals surface area contributed by atoms with Crippen molar-refractivity contribution >= 4 is 70.1 Å². The van der Waals surface area contributed by atoms with Crippen LogP contribution in [0.15, 0.2) is 84.9 Å². The van der Waals surface area contributed by atoms with E-state index in [2.05, 4.69) is 93.5 Å². The van der Waals surface area contributed by atoms with Gasteiger partial charge in [0, 0.05) is 16.5 Å². The molecular weight excluding hydrogens is 667 g/mol. The molecule has 4 aromatic rings. The van der Waals surface area contributed by atoms with Crippen molar-refractivity contribution in [3.8, 4) is 0 Å². The van der Waals surface area contributed by atoms with Crippen LogP contribution in [0.3, 0.4) is 0 Å². The third kappa shape index (κ3) is 9.86. The van der Waals surface area contributed by atoms with Gasteiger partial charge in [0.25, 0.3) is 0 Å². The molecule has 0 nitrogen and oxygen atoms in total. The van der Waals surface area contributed by atoms with Gasteiger partial charge in [-0.25, -0.2) is 0 Å². The predicted octanol–water partition coefficient (Wildman–Crippen LogP) is 11.0. The van der Waals surface area contributed by atoms with Crippen molar-refractivity contribution in [3.63, 3.8) is 0 Å². The average Bonchev–Trinajstić information content (AvgIpc) is 2.95. The Morgan fingerprint density at radius 3 is 0.889 bits per heavy atom. The Morgan fingerprint density at radius 1 is 0.422 bits per heavy atom. The van der Waals surface area contributed by atoms with E-state index >= 15 is 0 Å². The van der Waals surface area contributed by atoms with Crippen LogP contribution >= 0.6 is 0 Å². The fraction of sp³-hybridized carbons (Fsp3) is 0.300. The van der Waals surface area contributed by atoms with Crippen LogP contribution in [0.1, 0.15) is 97.2 Å². The van der Waals surface area contributed by atoms with E-state index in [1.165, 1.54) is 33.4 Å². The molecule has 0 unspecified atom stereocenters.